The van der Waals surface area contributed by atoms with E-state index >= 15 is 0 Å². The van der Waals surface area contributed by atoms with Crippen LogP contribution in [0.15, 0.2) is 340 Å². The molecule has 3 heteroatoms. The molecular formula is C86H62N2Si. The van der Waals surface area contributed by atoms with E-state index in [-0.39, 0.29) is 0 Å². The largest absolute Gasteiger partial charge is 0.311 e. The summed E-state index contributed by atoms with van der Waals surface area (Å²) < 4.78 is 0. The Bertz CT molecular complexity index is 4900. The van der Waals surface area contributed by atoms with Gasteiger partial charge in [0.2, 0.25) is 0 Å². The number of hydrogen-bond donors (Lipinski definition) is 0. The summed E-state index contributed by atoms with van der Waals surface area (Å²) in [5.41, 5.74) is 23.8. The van der Waals surface area contributed by atoms with Crippen LogP contribution in [0.1, 0.15) is 0 Å². The second kappa shape index (κ2) is 22.3. The zero-order valence-corrected chi connectivity index (χ0v) is 50.7. The number of rotatable bonds is 12. The van der Waals surface area contributed by atoms with E-state index in [4.69, 9.17) is 0 Å². The molecular weight excluding hydrogens is 1090 g/mol. The molecule has 0 saturated heterocycles. The third-order valence-electron chi connectivity index (χ3n) is 18.5. The summed E-state index contributed by atoms with van der Waals surface area (Å²) in [6, 6.07) is 125. The van der Waals surface area contributed by atoms with E-state index in [9.17, 15) is 0 Å². The Morgan fingerprint density at radius 1 is 0.191 bits per heavy atom. The highest BCUT2D eigenvalue weighted by Gasteiger charge is 2.36. The molecule has 1 heterocycles. The lowest BCUT2D eigenvalue weighted by molar-refractivity contribution is 1.28. The first-order valence-electron chi connectivity index (χ1n) is 30.9. The normalized spacial score (nSPS) is 12.2. The van der Waals surface area contributed by atoms with Gasteiger partial charge in [0.05, 0.1) is 0 Å². The van der Waals surface area contributed by atoms with Crippen LogP contribution in [0.25, 0.3) is 110 Å². The Labute approximate surface area is 522 Å². The number of anilines is 6. The first kappa shape index (κ1) is 53.4. The van der Waals surface area contributed by atoms with E-state index < -0.39 is 8.07 Å². The van der Waals surface area contributed by atoms with Crippen molar-refractivity contribution in [2.24, 2.45) is 0 Å². The SMILES string of the molecule is C[Si]1(C)c2cc(-c3ccc(N(c4ccc(-c5ccccc5)cc4)c4ccc(-c5ccccc5)cc4)cc3)ccc2-c2cc3c4ccccc4c(-c4ccc(N(c5ccc(-c6ccccc6)cc5)c5ccc(-c6ccccc6)cc5)cc4)cc3c3cccc1c23. The van der Waals surface area contributed by atoms with E-state index in [1.807, 2.05) is 0 Å². The molecule has 1 aliphatic rings. The van der Waals surface area contributed by atoms with Crippen molar-refractivity contribution in [3.8, 4) is 77.9 Å². The molecule has 16 rings (SSSR count). The van der Waals surface area contributed by atoms with E-state index in [1.54, 1.807) is 0 Å². The van der Waals surface area contributed by atoms with Crippen LogP contribution in [-0.4, -0.2) is 8.07 Å². The zero-order valence-electron chi connectivity index (χ0n) is 49.7. The molecule has 0 radical (unpaired) electrons. The molecule has 0 atom stereocenters. The number of nitrogens with zero attached hydrogens (tertiary/aromatic N) is 2. The van der Waals surface area contributed by atoms with E-state index in [0.29, 0.717) is 0 Å². The van der Waals surface area contributed by atoms with Crippen molar-refractivity contribution >= 4 is 84.9 Å². The van der Waals surface area contributed by atoms with Gasteiger partial charge in [-0.3, -0.25) is 0 Å². The Kier molecular flexibility index (Phi) is 13.4. The number of benzene rings is 15. The van der Waals surface area contributed by atoms with Gasteiger partial charge in [-0.15, -0.1) is 0 Å². The summed E-state index contributed by atoms with van der Waals surface area (Å²) in [5, 5.41) is 10.8. The van der Waals surface area contributed by atoms with Crippen molar-refractivity contribution in [2.45, 2.75) is 13.1 Å². The van der Waals surface area contributed by atoms with Crippen LogP contribution in [0.3, 0.4) is 0 Å². The molecule has 1 aliphatic heterocycles. The molecule has 15 aromatic rings. The molecule has 0 amide bonds. The lowest BCUT2D eigenvalue weighted by Gasteiger charge is -2.34. The quantitative estimate of drug-likeness (QED) is 0.0889. The average Bonchev–Trinajstić information content (AvgIpc) is 0.735. The van der Waals surface area contributed by atoms with Gasteiger partial charge < -0.3 is 9.80 Å². The monoisotopic (exact) mass is 1150 g/mol. The van der Waals surface area contributed by atoms with Crippen molar-refractivity contribution in [1.82, 2.24) is 0 Å². The second-order valence-corrected chi connectivity index (χ2v) is 28.3. The summed E-state index contributed by atoms with van der Waals surface area (Å²) in [6.45, 7) is 5.10. The van der Waals surface area contributed by atoms with Crippen LogP contribution < -0.4 is 20.2 Å². The van der Waals surface area contributed by atoms with Crippen LogP contribution in [0.5, 0.6) is 0 Å². The standard InChI is InChI=1S/C86H62N2Si/c1-89(2)84-29-17-28-79-82-57-80(68-40-53-75(54-41-68)88(72-47-34-65(35-48-72)61-22-11-5-12-23-61)73-49-36-66(37-50-73)62-24-13-6-14-25-62)76-26-15-16-27-77(76)81(82)58-83(86(79)84)78-55-42-69(56-85(78)89)67-38-51-74(52-39-67)87(70-43-30-63(31-44-70)59-18-7-3-8-19-59)71-45-32-64(33-46-71)60-20-9-4-10-21-60/h3-58H,1-2H3. The first-order valence-corrected chi connectivity index (χ1v) is 33.9. The molecule has 0 unspecified atom stereocenters. The lowest BCUT2D eigenvalue weighted by atomic mass is 9.87. The summed E-state index contributed by atoms with van der Waals surface area (Å²) in [7, 11) is -2.25. The molecule has 0 aromatic heterocycles. The predicted octanol–water partition coefficient (Wildman–Crippen LogP) is 22.9. The van der Waals surface area contributed by atoms with Gasteiger partial charge in [0.15, 0.2) is 0 Å². The minimum Gasteiger partial charge on any atom is -0.311 e. The predicted molar refractivity (Wildman–Crippen MR) is 383 cm³/mol. The molecule has 0 spiro atoms. The summed E-state index contributed by atoms with van der Waals surface area (Å²) in [5.74, 6) is 0. The van der Waals surface area contributed by atoms with Crippen molar-refractivity contribution in [3.05, 3.63) is 340 Å². The Morgan fingerprint density at radius 3 is 0.899 bits per heavy atom. The van der Waals surface area contributed by atoms with E-state index in [2.05, 4.69) is 363 Å². The zero-order chi connectivity index (χ0) is 59.4. The van der Waals surface area contributed by atoms with Gasteiger partial charge in [0.1, 0.15) is 8.07 Å². The first-order chi connectivity index (χ1) is 43.9. The number of hydrogen-bond acceptors (Lipinski definition) is 2. The van der Waals surface area contributed by atoms with Gasteiger partial charge in [-0.05, 0) is 206 Å². The molecule has 0 saturated carbocycles. The fraction of sp³-hybridized carbons (Fsp3) is 0.0233. The topological polar surface area (TPSA) is 6.48 Å². The van der Waals surface area contributed by atoms with Gasteiger partial charge in [0, 0.05) is 34.1 Å². The highest BCUT2D eigenvalue weighted by atomic mass is 28.3. The molecule has 0 N–H and O–H groups in total. The van der Waals surface area contributed by atoms with Crippen molar-refractivity contribution in [3.63, 3.8) is 0 Å². The van der Waals surface area contributed by atoms with Crippen molar-refractivity contribution in [1.29, 1.82) is 0 Å². The van der Waals surface area contributed by atoms with Crippen LogP contribution in [0.4, 0.5) is 34.1 Å². The van der Waals surface area contributed by atoms with Crippen LogP contribution in [0.2, 0.25) is 13.1 Å². The summed E-state index contributed by atoms with van der Waals surface area (Å²) in [4.78, 5) is 4.74. The molecule has 0 bridgehead atoms. The third kappa shape index (κ3) is 9.70. The molecule has 0 fully saturated rings. The van der Waals surface area contributed by atoms with Gasteiger partial charge >= 0.3 is 0 Å². The van der Waals surface area contributed by atoms with Gasteiger partial charge in [-0.1, -0.05) is 268 Å². The minimum absolute atomic E-state index is 1.10. The highest BCUT2D eigenvalue weighted by molar-refractivity contribution is 7.03. The van der Waals surface area contributed by atoms with Crippen molar-refractivity contribution in [2.75, 3.05) is 9.80 Å². The lowest BCUT2D eigenvalue weighted by Crippen LogP contribution is -2.55. The second-order valence-electron chi connectivity index (χ2n) is 24.0. The average molecular weight is 1150 g/mol. The Balaban J connectivity index is 0.751. The third-order valence-corrected chi connectivity index (χ3v) is 22.0. The molecule has 420 valence electrons. The van der Waals surface area contributed by atoms with E-state index in [0.717, 1.165) is 34.1 Å². The Morgan fingerprint density at radius 2 is 0.494 bits per heavy atom. The molecule has 2 nitrogen and oxygen atoms in total. The van der Waals surface area contributed by atoms with Gasteiger partial charge in [-0.2, -0.15) is 0 Å². The maximum absolute atomic E-state index is 2.55. The maximum Gasteiger partial charge on any atom is 0.113 e. The van der Waals surface area contributed by atoms with Crippen LogP contribution in [-0.2, 0) is 0 Å². The molecule has 89 heavy (non-hydrogen) atoms. The number of fused-ring (bicyclic) bond motifs is 6. The summed E-state index contributed by atoms with van der Waals surface area (Å²) >= 11 is 0. The van der Waals surface area contributed by atoms with Gasteiger partial charge in [-0.25, -0.2) is 0 Å². The Hall–Kier alpha value is -11.1. The molecule has 0 aliphatic carbocycles. The van der Waals surface area contributed by atoms with Crippen LogP contribution in [0, 0.1) is 0 Å². The fourth-order valence-corrected chi connectivity index (χ4v) is 17.0. The maximum atomic E-state index is 2.55. The van der Waals surface area contributed by atoms with Crippen LogP contribution >= 0.6 is 0 Å². The van der Waals surface area contributed by atoms with Crippen molar-refractivity contribution < 1.29 is 0 Å². The fourth-order valence-electron chi connectivity index (χ4n) is 13.9. The molecule has 15 aromatic carbocycles. The van der Waals surface area contributed by atoms with E-state index in [1.165, 1.54) is 121 Å². The van der Waals surface area contributed by atoms with Gasteiger partial charge in [0.25, 0.3) is 0 Å². The minimum atomic E-state index is -2.25. The summed E-state index contributed by atoms with van der Waals surface area (Å²) in [6.07, 6.45) is 0. The highest BCUT2D eigenvalue weighted by Crippen LogP contribution is 2.46. The smallest absolute Gasteiger partial charge is 0.113 e.